The van der Waals surface area contributed by atoms with Crippen LogP contribution in [0, 0.1) is 0 Å². The van der Waals surface area contributed by atoms with Gasteiger partial charge in [0.05, 0.1) is 5.69 Å². The molecule has 0 aromatic carbocycles. The summed E-state index contributed by atoms with van der Waals surface area (Å²) in [6.45, 7) is 6.56. The van der Waals surface area contributed by atoms with E-state index in [-0.39, 0.29) is 5.78 Å². The van der Waals surface area contributed by atoms with E-state index in [1.54, 1.807) is 11.6 Å². The van der Waals surface area contributed by atoms with E-state index < -0.39 is 0 Å². The summed E-state index contributed by atoms with van der Waals surface area (Å²) in [5.41, 5.74) is 1.01. The number of carbonyl (C=O) groups is 1. The van der Waals surface area contributed by atoms with Crippen LogP contribution >= 0.6 is 0 Å². The Bertz CT molecular complexity index is 304. The second kappa shape index (κ2) is 4.88. The summed E-state index contributed by atoms with van der Waals surface area (Å²) in [7, 11) is 0. The van der Waals surface area contributed by atoms with Gasteiger partial charge < -0.3 is 4.79 Å². The largest absolute Gasteiger partial charge is 0.300 e. The van der Waals surface area contributed by atoms with E-state index in [0.29, 0.717) is 12.3 Å². The zero-order valence-corrected chi connectivity index (χ0v) is 9.03. The Morgan fingerprint density at radius 1 is 1.57 bits per heavy atom. The number of rotatable bonds is 5. The molecule has 0 saturated heterocycles. The van der Waals surface area contributed by atoms with Crippen molar-refractivity contribution in [2.24, 2.45) is 0 Å². The van der Waals surface area contributed by atoms with Gasteiger partial charge in [0.2, 0.25) is 0 Å². The second-order valence-electron chi connectivity index (χ2n) is 3.87. The van der Waals surface area contributed by atoms with E-state index in [1.807, 2.05) is 6.20 Å². The van der Waals surface area contributed by atoms with Gasteiger partial charge in [0, 0.05) is 19.2 Å². The number of carbonyl (C=O) groups excluding carboxylic acids is 1. The highest BCUT2D eigenvalue weighted by molar-refractivity contribution is 5.75. The maximum absolute atomic E-state index is 10.7. The summed E-state index contributed by atoms with van der Waals surface area (Å²) in [5.74, 6) is 0.644. The third-order valence-electron chi connectivity index (χ3n) is 2.06. The van der Waals surface area contributed by atoms with Crippen LogP contribution in [-0.4, -0.2) is 20.8 Å². The third-order valence-corrected chi connectivity index (χ3v) is 2.06. The Balaban J connectivity index is 2.40. The van der Waals surface area contributed by atoms with Crippen molar-refractivity contribution < 1.29 is 4.79 Å². The normalized spacial score (nSPS) is 10.9. The van der Waals surface area contributed by atoms with Crippen molar-refractivity contribution in [3.8, 4) is 0 Å². The fourth-order valence-corrected chi connectivity index (χ4v) is 1.18. The Hall–Kier alpha value is -1.19. The monoisotopic (exact) mass is 195 g/mol. The summed E-state index contributed by atoms with van der Waals surface area (Å²) in [6, 6.07) is 0. The van der Waals surface area contributed by atoms with Crippen LogP contribution in [0.25, 0.3) is 0 Å². The van der Waals surface area contributed by atoms with Crippen LogP contribution in [0.4, 0.5) is 0 Å². The lowest BCUT2D eigenvalue weighted by atomic mass is 10.2. The first-order valence-electron chi connectivity index (χ1n) is 4.99. The van der Waals surface area contributed by atoms with Gasteiger partial charge in [-0.1, -0.05) is 19.1 Å². The first-order valence-corrected chi connectivity index (χ1v) is 4.99. The quantitative estimate of drug-likeness (QED) is 0.719. The van der Waals surface area contributed by atoms with E-state index in [9.17, 15) is 4.79 Å². The molecule has 0 unspecified atom stereocenters. The van der Waals surface area contributed by atoms with Crippen LogP contribution in [0.2, 0.25) is 0 Å². The summed E-state index contributed by atoms with van der Waals surface area (Å²) in [4.78, 5) is 10.7. The number of aryl methyl sites for hydroxylation is 1. The minimum Gasteiger partial charge on any atom is -0.300 e. The number of nitrogens with zero attached hydrogens (tertiary/aromatic N) is 3. The average molecular weight is 195 g/mol. The molecule has 0 aliphatic carbocycles. The van der Waals surface area contributed by atoms with Crippen LogP contribution in [-0.2, 0) is 11.3 Å². The molecule has 0 bridgehead atoms. The van der Waals surface area contributed by atoms with Gasteiger partial charge in [0.1, 0.15) is 5.78 Å². The molecular weight excluding hydrogens is 178 g/mol. The van der Waals surface area contributed by atoms with Gasteiger partial charge in [-0.25, -0.2) is 0 Å². The van der Waals surface area contributed by atoms with Gasteiger partial charge in [-0.15, -0.1) is 5.10 Å². The minimum absolute atomic E-state index is 0.231. The molecule has 4 heteroatoms. The predicted molar refractivity (Wildman–Crippen MR) is 54.0 cm³/mol. The van der Waals surface area contributed by atoms with Crippen LogP contribution in [0.3, 0.4) is 0 Å². The molecule has 0 fully saturated rings. The fraction of sp³-hybridized carbons (Fsp3) is 0.700. The lowest BCUT2D eigenvalue weighted by molar-refractivity contribution is -0.117. The molecule has 0 aliphatic rings. The molecule has 0 saturated carbocycles. The van der Waals surface area contributed by atoms with Crippen molar-refractivity contribution in [1.82, 2.24) is 15.0 Å². The van der Waals surface area contributed by atoms with Crippen LogP contribution < -0.4 is 0 Å². The van der Waals surface area contributed by atoms with E-state index in [2.05, 4.69) is 24.2 Å². The third kappa shape index (κ3) is 3.28. The Morgan fingerprint density at radius 3 is 2.79 bits per heavy atom. The van der Waals surface area contributed by atoms with Gasteiger partial charge in [-0.3, -0.25) is 4.68 Å². The summed E-state index contributed by atoms with van der Waals surface area (Å²) in [5, 5.41) is 8.03. The van der Waals surface area contributed by atoms with Crippen molar-refractivity contribution in [2.45, 2.75) is 46.1 Å². The molecule has 4 nitrogen and oxygen atoms in total. The number of ketones is 1. The Morgan fingerprint density at radius 2 is 2.29 bits per heavy atom. The Kier molecular flexibility index (Phi) is 3.80. The first-order chi connectivity index (χ1) is 6.59. The number of Topliss-reactive ketones (excluding diaryl/α,β-unsaturated/α-hetero) is 1. The summed E-state index contributed by atoms with van der Waals surface area (Å²) < 4.78 is 1.80. The SMILES string of the molecule is CC(=O)CCCn1cc(C(C)C)nn1. The molecule has 0 N–H and O–H groups in total. The second-order valence-corrected chi connectivity index (χ2v) is 3.87. The molecule has 1 heterocycles. The predicted octanol–water partition coefficient (Wildman–Crippen LogP) is 1.77. The van der Waals surface area contributed by atoms with E-state index in [4.69, 9.17) is 0 Å². The van der Waals surface area contributed by atoms with Crippen molar-refractivity contribution in [3.05, 3.63) is 11.9 Å². The van der Waals surface area contributed by atoms with Crippen molar-refractivity contribution in [1.29, 1.82) is 0 Å². The Labute approximate surface area is 84.3 Å². The molecule has 0 amide bonds. The highest BCUT2D eigenvalue weighted by Gasteiger charge is 2.04. The van der Waals surface area contributed by atoms with Crippen molar-refractivity contribution in [2.75, 3.05) is 0 Å². The molecule has 0 spiro atoms. The highest BCUT2D eigenvalue weighted by atomic mass is 16.1. The average Bonchev–Trinajstić information content (AvgIpc) is 2.52. The van der Waals surface area contributed by atoms with Crippen molar-refractivity contribution in [3.63, 3.8) is 0 Å². The van der Waals surface area contributed by atoms with Crippen molar-refractivity contribution >= 4 is 5.78 Å². The molecule has 1 aromatic heterocycles. The molecule has 0 aliphatic heterocycles. The standard InChI is InChI=1S/C10H17N3O/c1-8(2)10-7-13(12-11-10)6-4-5-9(3)14/h7-8H,4-6H2,1-3H3. The first kappa shape index (κ1) is 10.9. The fourth-order valence-electron chi connectivity index (χ4n) is 1.18. The lowest BCUT2D eigenvalue weighted by Crippen LogP contribution is -2.01. The van der Waals surface area contributed by atoms with E-state index in [0.717, 1.165) is 18.7 Å². The highest BCUT2D eigenvalue weighted by Crippen LogP contribution is 2.09. The zero-order valence-electron chi connectivity index (χ0n) is 9.03. The van der Waals surface area contributed by atoms with Gasteiger partial charge in [-0.2, -0.15) is 0 Å². The number of hydrogen-bond donors (Lipinski definition) is 0. The zero-order chi connectivity index (χ0) is 10.6. The number of aromatic nitrogens is 3. The molecule has 0 atom stereocenters. The van der Waals surface area contributed by atoms with E-state index >= 15 is 0 Å². The minimum atomic E-state index is 0.231. The summed E-state index contributed by atoms with van der Waals surface area (Å²) >= 11 is 0. The molecule has 1 aromatic rings. The smallest absolute Gasteiger partial charge is 0.129 e. The van der Waals surface area contributed by atoms with Crippen LogP contribution in [0.15, 0.2) is 6.20 Å². The van der Waals surface area contributed by atoms with Gasteiger partial charge in [0.15, 0.2) is 0 Å². The van der Waals surface area contributed by atoms with Gasteiger partial charge in [-0.05, 0) is 19.3 Å². The molecule has 14 heavy (non-hydrogen) atoms. The molecule has 1 rings (SSSR count). The molecule has 78 valence electrons. The number of hydrogen-bond acceptors (Lipinski definition) is 3. The van der Waals surface area contributed by atoms with Crippen LogP contribution in [0.1, 0.15) is 45.2 Å². The lowest BCUT2D eigenvalue weighted by Gasteiger charge is -1.98. The van der Waals surface area contributed by atoms with E-state index in [1.165, 1.54) is 0 Å². The molecule has 0 radical (unpaired) electrons. The molecular formula is C10H17N3O. The maximum atomic E-state index is 10.7. The topological polar surface area (TPSA) is 47.8 Å². The summed E-state index contributed by atoms with van der Waals surface area (Å²) in [6.07, 6.45) is 3.41. The maximum Gasteiger partial charge on any atom is 0.129 e. The van der Waals surface area contributed by atoms with Gasteiger partial charge in [0.25, 0.3) is 0 Å². The van der Waals surface area contributed by atoms with Crippen LogP contribution in [0.5, 0.6) is 0 Å². The van der Waals surface area contributed by atoms with Gasteiger partial charge >= 0.3 is 0 Å².